The number of aryl methyl sites for hydroxylation is 2. The summed E-state index contributed by atoms with van der Waals surface area (Å²) in [4.78, 5) is 30.5. The Morgan fingerprint density at radius 1 is 1.23 bits per heavy atom. The maximum Gasteiger partial charge on any atom is 0.252 e. The second-order valence-electron chi connectivity index (χ2n) is 8.77. The van der Waals surface area contributed by atoms with Crippen LogP contribution in [0.1, 0.15) is 63.1 Å². The number of pyridine rings is 2. The smallest absolute Gasteiger partial charge is 0.252 e. The van der Waals surface area contributed by atoms with Crippen molar-refractivity contribution >= 4 is 21.6 Å². The van der Waals surface area contributed by atoms with Crippen molar-refractivity contribution in [2.75, 3.05) is 5.32 Å². The lowest BCUT2D eigenvalue weighted by atomic mass is 9.97. The van der Waals surface area contributed by atoms with Gasteiger partial charge in [-0.05, 0) is 57.2 Å². The lowest BCUT2D eigenvalue weighted by Crippen LogP contribution is -2.35. The molecule has 0 aromatic carbocycles. The summed E-state index contributed by atoms with van der Waals surface area (Å²) >= 11 is 0. The molecule has 2 aromatic rings. The van der Waals surface area contributed by atoms with Crippen LogP contribution in [0.5, 0.6) is 0 Å². The third kappa shape index (κ3) is 5.23. The summed E-state index contributed by atoms with van der Waals surface area (Å²) in [5.41, 5.74) is 0.958. The van der Waals surface area contributed by atoms with Gasteiger partial charge in [-0.3, -0.25) is 9.59 Å². The molecule has 0 unspecified atom stereocenters. The van der Waals surface area contributed by atoms with E-state index in [4.69, 9.17) is 0 Å². The van der Waals surface area contributed by atoms with Gasteiger partial charge in [0.2, 0.25) is 5.91 Å². The predicted octanol–water partition coefficient (Wildman–Crippen LogP) is 3.80. The highest BCUT2D eigenvalue weighted by atomic mass is 32.2. The summed E-state index contributed by atoms with van der Waals surface area (Å²) in [5.74, 6) is 0.466. The van der Waals surface area contributed by atoms with Crippen LogP contribution in [0.3, 0.4) is 0 Å². The fraction of sp³-hybridized carbons (Fsp3) is 0.522. The van der Waals surface area contributed by atoms with E-state index in [0.29, 0.717) is 23.7 Å². The quantitative estimate of drug-likeness (QED) is 0.699. The molecule has 7 nitrogen and oxygen atoms in total. The van der Waals surface area contributed by atoms with Gasteiger partial charge in [-0.2, -0.15) is 0 Å². The Balaban J connectivity index is 1.98. The van der Waals surface area contributed by atoms with Gasteiger partial charge in [0.25, 0.3) is 5.56 Å². The van der Waals surface area contributed by atoms with E-state index in [1.54, 1.807) is 33.0 Å². The summed E-state index contributed by atoms with van der Waals surface area (Å²) in [6, 6.07) is 4.01. The van der Waals surface area contributed by atoms with Crippen molar-refractivity contribution in [2.24, 2.45) is 5.92 Å². The summed E-state index contributed by atoms with van der Waals surface area (Å²) in [7, 11) is -3.59. The van der Waals surface area contributed by atoms with Crippen LogP contribution in [0.2, 0.25) is 0 Å². The lowest BCUT2D eigenvalue weighted by Gasteiger charge is -2.23. The number of nitrogens with zero attached hydrogens (tertiary/aromatic N) is 2. The number of hydrogen-bond donors (Lipinski definition) is 1. The minimum Gasteiger partial charge on any atom is -0.309 e. The summed E-state index contributed by atoms with van der Waals surface area (Å²) in [6.45, 7) is 6.75. The first-order valence-corrected chi connectivity index (χ1v) is 12.3. The van der Waals surface area contributed by atoms with Crippen LogP contribution >= 0.6 is 0 Å². The van der Waals surface area contributed by atoms with Crippen LogP contribution < -0.4 is 10.9 Å². The molecule has 1 amide bonds. The van der Waals surface area contributed by atoms with Crippen LogP contribution in [-0.4, -0.2) is 29.1 Å². The number of carbonyl (C=O) groups is 1. The molecule has 2 aromatic heterocycles. The zero-order valence-electron chi connectivity index (χ0n) is 18.6. The van der Waals surface area contributed by atoms with Crippen molar-refractivity contribution in [3.05, 3.63) is 52.1 Å². The topological polar surface area (TPSA) is 98.1 Å². The molecule has 31 heavy (non-hydrogen) atoms. The first kappa shape index (κ1) is 23.2. The van der Waals surface area contributed by atoms with Gasteiger partial charge in [0.05, 0.1) is 10.1 Å². The number of nitrogens with one attached hydrogen (secondary N) is 1. The summed E-state index contributed by atoms with van der Waals surface area (Å²) < 4.78 is 26.6. The summed E-state index contributed by atoms with van der Waals surface area (Å²) in [5, 5.41) is 2.19. The lowest BCUT2D eigenvalue weighted by molar-refractivity contribution is -0.119. The predicted molar refractivity (Wildman–Crippen MR) is 121 cm³/mol. The summed E-state index contributed by atoms with van der Waals surface area (Å²) in [6.07, 6.45) is 8.02. The van der Waals surface area contributed by atoms with Crippen molar-refractivity contribution in [1.29, 1.82) is 0 Å². The van der Waals surface area contributed by atoms with Gasteiger partial charge < -0.3 is 9.88 Å². The second kappa shape index (κ2) is 9.34. The van der Waals surface area contributed by atoms with Gasteiger partial charge in [0, 0.05) is 18.5 Å². The van der Waals surface area contributed by atoms with Crippen molar-refractivity contribution in [3.8, 4) is 0 Å². The highest BCUT2D eigenvalue weighted by molar-refractivity contribution is 7.92. The number of aromatic nitrogens is 2. The number of rotatable bonds is 7. The zero-order chi connectivity index (χ0) is 22.8. The largest absolute Gasteiger partial charge is 0.309 e. The Morgan fingerprint density at radius 3 is 2.48 bits per heavy atom. The minimum atomic E-state index is -3.59. The molecule has 168 valence electrons. The van der Waals surface area contributed by atoms with Gasteiger partial charge in [-0.1, -0.05) is 31.7 Å². The Bertz CT molecular complexity index is 1100. The van der Waals surface area contributed by atoms with Crippen LogP contribution in [0.15, 0.2) is 40.3 Å². The second-order valence-corrected chi connectivity index (χ2v) is 11.2. The monoisotopic (exact) mass is 445 g/mol. The van der Waals surface area contributed by atoms with Gasteiger partial charge >= 0.3 is 0 Å². The molecule has 0 bridgehead atoms. The number of sulfone groups is 1. The van der Waals surface area contributed by atoms with E-state index in [9.17, 15) is 18.0 Å². The molecule has 1 aliphatic rings. The molecular weight excluding hydrogens is 414 g/mol. The molecule has 0 saturated heterocycles. The molecule has 1 atom stereocenters. The van der Waals surface area contributed by atoms with Crippen LogP contribution in [-0.2, 0) is 14.6 Å². The molecule has 1 N–H and O–H groups in total. The van der Waals surface area contributed by atoms with Gasteiger partial charge in [0.15, 0.2) is 9.84 Å². The number of anilines is 1. The van der Waals surface area contributed by atoms with Crippen molar-refractivity contribution < 1.29 is 13.2 Å². The zero-order valence-corrected chi connectivity index (χ0v) is 19.4. The van der Waals surface area contributed by atoms with E-state index in [1.807, 2.05) is 13.0 Å². The van der Waals surface area contributed by atoms with E-state index in [0.717, 1.165) is 37.3 Å². The van der Waals surface area contributed by atoms with Crippen LogP contribution in [0.25, 0.3) is 0 Å². The van der Waals surface area contributed by atoms with Crippen LogP contribution in [0, 0.1) is 19.8 Å². The third-order valence-corrected chi connectivity index (χ3v) is 8.28. The van der Waals surface area contributed by atoms with E-state index in [1.165, 1.54) is 10.8 Å². The normalized spacial score (nSPS) is 15.9. The van der Waals surface area contributed by atoms with Crippen molar-refractivity contribution in [2.45, 2.75) is 76.0 Å². The first-order chi connectivity index (χ1) is 14.6. The molecule has 0 radical (unpaired) electrons. The van der Waals surface area contributed by atoms with Crippen molar-refractivity contribution in [1.82, 2.24) is 9.55 Å². The van der Waals surface area contributed by atoms with Crippen LogP contribution in [0.4, 0.5) is 5.82 Å². The fourth-order valence-electron chi connectivity index (χ4n) is 4.10. The Kier molecular flexibility index (Phi) is 6.99. The molecule has 1 saturated carbocycles. The van der Waals surface area contributed by atoms with Gasteiger partial charge in [-0.15, -0.1) is 0 Å². The average Bonchev–Trinajstić information content (AvgIpc) is 3.22. The standard InChI is InChI=1S/C23H31N3O4S/c1-15(2)31(29,30)20-12-22(27)26(14-17(20)4)19(11-18-7-5-6-8-18)23(28)25-21-10-9-16(3)13-24-21/h9-10,12-15,18-19H,5-8,11H2,1-4H3,(H,24,25,28)/t19-/m0/s1. The van der Waals surface area contributed by atoms with Gasteiger partial charge in [-0.25, -0.2) is 13.4 Å². The van der Waals surface area contributed by atoms with E-state index >= 15 is 0 Å². The number of hydrogen-bond acceptors (Lipinski definition) is 5. The molecule has 8 heteroatoms. The molecular formula is C23H31N3O4S. The first-order valence-electron chi connectivity index (χ1n) is 10.8. The minimum absolute atomic E-state index is 0.0315. The molecule has 1 fully saturated rings. The number of amides is 1. The highest BCUT2D eigenvalue weighted by Crippen LogP contribution is 2.32. The molecule has 0 spiro atoms. The Morgan fingerprint density at radius 2 is 1.90 bits per heavy atom. The van der Waals surface area contributed by atoms with E-state index < -0.39 is 26.7 Å². The van der Waals surface area contributed by atoms with E-state index in [-0.39, 0.29) is 10.8 Å². The SMILES string of the molecule is Cc1ccc(NC(=O)[C@H](CC2CCCC2)n2cc(C)c(S(=O)(=O)C(C)C)cc2=O)nc1. The maximum absolute atomic E-state index is 13.2. The number of carbonyl (C=O) groups excluding carboxylic acids is 1. The molecule has 1 aliphatic carbocycles. The Hall–Kier alpha value is -2.48. The highest BCUT2D eigenvalue weighted by Gasteiger charge is 2.29. The van der Waals surface area contributed by atoms with E-state index in [2.05, 4.69) is 10.3 Å². The third-order valence-electron chi connectivity index (χ3n) is 5.99. The molecule has 3 rings (SSSR count). The van der Waals surface area contributed by atoms with Crippen molar-refractivity contribution in [3.63, 3.8) is 0 Å². The van der Waals surface area contributed by atoms with Gasteiger partial charge in [0.1, 0.15) is 11.9 Å². The molecule has 0 aliphatic heterocycles. The average molecular weight is 446 g/mol. The molecule has 2 heterocycles. The fourth-order valence-corrected chi connectivity index (χ4v) is 5.37. The Labute approximate surface area is 183 Å². The maximum atomic E-state index is 13.2.